The Morgan fingerprint density at radius 2 is 2.24 bits per heavy atom. The number of benzene rings is 1. The van der Waals surface area contributed by atoms with Gasteiger partial charge in [0.15, 0.2) is 0 Å². The number of amides is 1. The zero-order valence-electron chi connectivity index (χ0n) is 11.4. The number of fused-ring (bicyclic) bond motifs is 1. The van der Waals surface area contributed by atoms with Crippen molar-refractivity contribution in [2.75, 3.05) is 20.3 Å². The molecule has 1 N–H and O–H groups in total. The first kappa shape index (κ1) is 14.8. The Kier molecular flexibility index (Phi) is 3.90. The van der Waals surface area contributed by atoms with E-state index in [1.165, 1.54) is 0 Å². The molecule has 114 valence electrons. The van der Waals surface area contributed by atoms with Gasteiger partial charge in [0.2, 0.25) is 0 Å². The van der Waals surface area contributed by atoms with Gasteiger partial charge in [-0.2, -0.15) is 0 Å². The molecule has 0 radical (unpaired) electrons. The van der Waals surface area contributed by atoms with Crippen LogP contribution in [0.15, 0.2) is 12.1 Å². The molecule has 0 aromatic heterocycles. The average Bonchev–Trinajstić information content (AvgIpc) is 3.02. The van der Waals surface area contributed by atoms with Gasteiger partial charge in [-0.1, -0.05) is 23.2 Å². The molecule has 3 rings (SSSR count). The van der Waals surface area contributed by atoms with Gasteiger partial charge in [-0.3, -0.25) is 0 Å². The van der Waals surface area contributed by atoms with Crippen LogP contribution in [0.5, 0.6) is 5.75 Å². The van der Waals surface area contributed by atoms with Crippen molar-refractivity contribution in [3.8, 4) is 5.75 Å². The second-order valence-electron chi connectivity index (χ2n) is 5.23. The minimum atomic E-state index is -0.480. The zero-order valence-corrected chi connectivity index (χ0v) is 12.9. The molecule has 7 heteroatoms. The van der Waals surface area contributed by atoms with Gasteiger partial charge >= 0.3 is 6.09 Å². The summed E-state index contributed by atoms with van der Waals surface area (Å²) < 4.78 is 10.5. The standard InChI is InChI=1S/C14H15Cl2NO4/c1-20-10-3-2-8(15)13(16)12(10)7-4-9-11(6-18)21-14(19)17(9)5-7/h2-3,7,9,11,18H,4-6H2,1H3/t7-,9-,11?/m0/s1. The van der Waals surface area contributed by atoms with Gasteiger partial charge in [0.25, 0.3) is 0 Å². The molecule has 1 aromatic rings. The summed E-state index contributed by atoms with van der Waals surface area (Å²) in [5, 5.41) is 10.2. The van der Waals surface area contributed by atoms with Crippen molar-refractivity contribution < 1.29 is 19.4 Å². The number of nitrogens with zero attached hydrogens (tertiary/aromatic N) is 1. The Morgan fingerprint density at radius 3 is 2.90 bits per heavy atom. The van der Waals surface area contributed by atoms with E-state index >= 15 is 0 Å². The zero-order chi connectivity index (χ0) is 15.1. The van der Waals surface area contributed by atoms with Crippen molar-refractivity contribution in [3.63, 3.8) is 0 Å². The Morgan fingerprint density at radius 1 is 1.48 bits per heavy atom. The van der Waals surface area contributed by atoms with E-state index in [0.717, 1.165) is 5.56 Å². The minimum absolute atomic E-state index is 0.0121. The van der Waals surface area contributed by atoms with E-state index in [0.29, 0.717) is 28.8 Å². The summed E-state index contributed by atoms with van der Waals surface area (Å²) in [6, 6.07) is 3.33. The molecular weight excluding hydrogens is 317 g/mol. The number of halogens is 2. The third kappa shape index (κ3) is 2.33. The van der Waals surface area contributed by atoms with E-state index in [4.69, 9.17) is 32.7 Å². The van der Waals surface area contributed by atoms with Gasteiger partial charge in [0, 0.05) is 18.0 Å². The number of carbonyl (C=O) groups excluding carboxylic acids is 1. The lowest BCUT2D eigenvalue weighted by molar-refractivity contribution is 0.0810. The second-order valence-corrected chi connectivity index (χ2v) is 6.02. The van der Waals surface area contributed by atoms with Crippen molar-refractivity contribution in [1.82, 2.24) is 4.90 Å². The fourth-order valence-corrected chi connectivity index (χ4v) is 3.65. The van der Waals surface area contributed by atoms with Crippen LogP contribution in [0, 0.1) is 0 Å². The smallest absolute Gasteiger partial charge is 0.410 e. The number of carbonyl (C=O) groups is 1. The Hall–Kier alpha value is -1.17. The average molecular weight is 332 g/mol. The van der Waals surface area contributed by atoms with E-state index in [1.807, 2.05) is 0 Å². The number of methoxy groups -OCH3 is 1. The lowest BCUT2D eigenvalue weighted by atomic mass is 9.94. The van der Waals surface area contributed by atoms with Gasteiger partial charge in [0.05, 0.1) is 29.8 Å². The number of aliphatic hydroxyl groups is 1. The molecule has 2 saturated heterocycles. The SMILES string of the molecule is COc1ccc(Cl)c(Cl)c1[C@H]1C[C@H]2C(CO)OC(=O)N2C1. The number of cyclic esters (lactones) is 1. The predicted molar refractivity (Wildman–Crippen MR) is 78.2 cm³/mol. The highest BCUT2D eigenvalue weighted by Gasteiger charge is 2.48. The fraction of sp³-hybridized carbons (Fsp3) is 0.500. The number of rotatable bonds is 3. The lowest BCUT2D eigenvalue weighted by Gasteiger charge is -2.18. The summed E-state index contributed by atoms with van der Waals surface area (Å²) in [4.78, 5) is 13.5. The van der Waals surface area contributed by atoms with Crippen molar-refractivity contribution in [2.45, 2.75) is 24.5 Å². The van der Waals surface area contributed by atoms with Crippen LogP contribution in [0.25, 0.3) is 0 Å². The molecule has 1 unspecified atom stereocenters. The van der Waals surface area contributed by atoms with Crippen LogP contribution in [0.4, 0.5) is 4.79 Å². The van der Waals surface area contributed by atoms with E-state index in [9.17, 15) is 9.90 Å². The number of hydrogen-bond acceptors (Lipinski definition) is 4. The maximum atomic E-state index is 11.8. The third-order valence-corrected chi connectivity index (χ3v) is 4.98. The number of ether oxygens (including phenoxy) is 2. The fourth-order valence-electron chi connectivity index (χ4n) is 3.18. The quantitative estimate of drug-likeness (QED) is 0.925. The molecule has 0 saturated carbocycles. The van der Waals surface area contributed by atoms with E-state index in [1.54, 1.807) is 24.1 Å². The lowest BCUT2D eigenvalue weighted by Crippen LogP contribution is -2.32. The predicted octanol–water partition coefficient (Wildman–Crippen LogP) is 2.67. The van der Waals surface area contributed by atoms with Crippen LogP contribution in [-0.4, -0.2) is 48.5 Å². The Labute approximate surface area is 132 Å². The van der Waals surface area contributed by atoms with Gasteiger partial charge in [-0.15, -0.1) is 0 Å². The molecular formula is C14H15Cl2NO4. The molecule has 5 nitrogen and oxygen atoms in total. The van der Waals surface area contributed by atoms with Crippen LogP contribution in [0.2, 0.25) is 10.0 Å². The van der Waals surface area contributed by atoms with Crippen LogP contribution in [-0.2, 0) is 4.74 Å². The number of hydrogen-bond donors (Lipinski definition) is 1. The van der Waals surface area contributed by atoms with Crippen LogP contribution in [0.3, 0.4) is 0 Å². The van der Waals surface area contributed by atoms with Gasteiger partial charge in [-0.25, -0.2) is 4.79 Å². The summed E-state index contributed by atoms with van der Waals surface area (Å²) in [7, 11) is 1.57. The molecule has 2 heterocycles. The van der Waals surface area contributed by atoms with Crippen molar-refractivity contribution >= 4 is 29.3 Å². The van der Waals surface area contributed by atoms with E-state index in [2.05, 4.69) is 0 Å². The summed E-state index contributed by atoms with van der Waals surface area (Å²) >= 11 is 12.4. The molecule has 2 aliphatic rings. The normalized spacial score (nSPS) is 27.7. The second kappa shape index (κ2) is 5.55. The van der Waals surface area contributed by atoms with Crippen LogP contribution in [0.1, 0.15) is 17.9 Å². The van der Waals surface area contributed by atoms with Crippen LogP contribution >= 0.6 is 23.2 Å². The maximum Gasteiger partial charge on any atom is 0.410 e. The first-order chi connectivity index (χ1) is 10.1. The highest BCUT2D eigenvalue weighted by atomic mass is 35.5. The molecule has 2 fully saturated rings. The first-order valence-electron chi connectivity index (χ1n) is 6.66. The van der Waals surface area contributed by atoms with Gasteiger partial charge < -0.3 is 19.5 Å². The summed E-state index contributed by atoms with van der Waals surface area (Å²) in [6.07, 6.45) is -0.210. The van der Waals surface area contributed by atoms with E-state index < -0.39 is 12.2 Å². The van der Waals surface area contributed by atoms with E-state index in [-0.39, 0.29) is 18.6 Å². The highest BCUT2D eigenvalue weighted by Crippen LogP contribution is 2.45. The topological polar surface area (TPSA) is 59.0 Å². The molecule has 0 bridgehead atoms. The summed E-state index contributed by atoms with van der Waals surface area (Å²) in [6.45, 7) is 0.302. The molecule has 0 aliphatic carbocycles. The van der Waals surface area contributed by atoms with Gasteiger partial charge in [-0.05, 0) is 18.6 Å². The highest BCUT2D eigenvalue weighted by molar-refractivity contribution is 6.42. The number of aliphatic hydroxyl groups excluding tert-OH is 1. The van der Waals surface area contributed by atoms with Crippen LogP contribution < -0.4 is 4.74 Å². The summed E-state index contributed by atoms with van der Waals surface area (Å²) in [5.41, 5.74) is 0.811. The van der Waals surface area contributed by atoms with Gasteiger partial charge in [0.1, 0.15) is 11.9 Å². The Balaban J connectivity index is 1.94. The molecule has 21 heavy (non-hydrogen) atoms. The van der Waals surface area contributed by atoms with Crippen molar-refractivity contribution in [3.05, 3.63) is 27.7 Å². The molecule has 2 aliphatic heterocycles. The maximum absolute atomic E-state index is 11.8. The molecule has 3 atom stereocenters. The monoisotopic (exact) mass is 331 g/mol. The largest absolute Gasteiger partial charge is 0.496 e. The molecule has 0 spiro atoms. The minimum Gasteiger partial charge on any atom is -0.496 e. The molecule has 1 amide bonds. The summed E-state index contributed by atoms with van der Waals surface area (Å²) in [5.74, 6) is 0.669. The molecule has 1 aromatic carbocycles. The third-order valence-electron chi connectivity index (χ3n) is 4.16. The van der Waals surface area contributed by atoms with Crippen molar-refractivity contribution in [2.24, 2.45) is 0 Å². The Bertz CT molecular complexity index is 580. The van der Waals surface area contributed by atoms with Crippen molar-refractivity contribution in [1.29, 1.82) is 0 Å². The first-order valence-corrected chi connectivity index (χ1v) is 7.42.